The van der Waals surface area contributed by atoms with E-state index < -0.39 is 5.38 Å². The second-order valence-corrected chi connectivity index (χ2v) is 6.06. The van der Waals surface area contributed by atoms with Crippen molar-refractivity contribution in [3.05, 3.63) is 34.1 Å². The largest absolute Gasteiger partial charge is 0.341 e. The number of benzene rings is 1. The summed E-state index contributed by atoms with van der Waals surface area (Å²) in [6, 6.07) is 4.22. The molecule has 1 aliphatic rings. The van der Waals surface area contributed by atoms with Crippen molar-refractivity contribution >= 4 is 33.4 Å². The van der Waals surface area contributed by atoms with Gasteiger partial charge in [0.2, 0.25) is 5.91 Å². The Balaban J connectivity index is 2.13. The van der Waals surface area contributed by atoms with Gasteiger partial charge in [-0.25, -0.2) is 4.39 Å². The van der Waals surface area contributed by atoms with Gasteiger partial charge in [-0.15, -0.1) is 11.6 Å². The van der Waals surface area contributed by atoms with Crippen molar-refractivity contribution < 1.29 is 9.18 Å². The van der Waals surface area contributed by atoms with E-state index in [2.05, 4.69) is 15.9 Å². The summed E-state index contributed by atoms with van der Waals surface area (Å²) in [6.07, 6.45) is 4.38. The van der Waals surface area contributed by atoms with Crippen LogP contribution in [0.5, 0.6) is 0 Å². The van der Waals surface area contributed by atoms with Crippen LogP contribution in [0.15, 0.2) is 22.7 Å². The molecule has 1 aliphatic heterocycles. The number of halogens is 3. The van der Waals surface area contributed by atoms with Crippen molar-refractivity contribution in [2.24, 2.45) is 0 Å². The smallest absolute Gasteiger partial charge is 0.245 e. The molecule has 1 saturated heterocycles. The average molecular weight is 349 g/mol. The van der Waals surface area contributed by atoms with Crippen LogP contribution in [-0.2, 0) is 4.79 Å². The van der Waals surface area contributed by atoms with Gasteiger partial charge in [0.1, 0.15) is 11.2 Å². The Morgan fingerprint density at radius 1 is 1.26 bits per heavy atom. The molecule has 19 heavy (non-hydrogen) atoms. The molecule has 2 rings (SSSR count). The summed E-state index contributed by atoms with van der Waals surface area (Å²) >= 11 is 9.52. The number of hydrogen-bond acceptors (Lipinski definition) is 1. The summed E-state index contributed by atoms with van der Waals surface area (Å²) in [6.45, 7) is 1.53. The molecular weight excluding hydrogens is 333 g/mol. The maximum absolute atomic E-state index is 13.1. The van der Waals surface area contributed by atoms with Gasteiger partial charge in [-0.3, -0.25) is 4.79 Å². The quantitative estimate of drug-likeness (QED) is 0.731. The summed E-state index contributed by atoms with van der Waals surface area (Å²) in [5.74, 6) is -0.433. The van der Waals surface area contributed by atoms with Crippen LogP contribution < -0.4 is 0 Å². The first-order valence-electron chi connectivity index (χ1n) is 6.47. The Hall–Kier alpha value is -0.610. The molecule has 0 bridgehead atoms. The Bertz CT molecular complexity index is 461. The van der Waals surface area contributed by atoms with Crippen LogP contribution in [0.25, 0.3) is 0 Å². The molecule has 1 fully saturated rings. The molecule has 0 radical (unpaired) electrons. The maximum Gasteiger partial charge on any atom is 0.245 e. The molecule has 1 amide bonds. The molecule has 5 heteroatoms. The van der Waals surface area contributed by atoms with Crippen LogP contribution in [-0.4, -0.2) is 23.9 Å². The van der Waals surface area contributed by atoms with E-state index in [1.807, 2.05) is 4.90 Å². The third kappa shape index (κ3) is 3.69. The zero-order chi connectivity index (χ0) is 13.8. The van der Waals surface area contributed by atoms with E-state index in [1.54, 1.807) is 6.07 Å². The van der Waals surface area contributed by atoms with Crippen molar-refractivity contribution in [1.29, 1.82) is 0 Å². The number of amides is 1. The van der Waals surface area contributed by atoms with E-state index in [0.29, 0.717) is 10.0 Å². The highest BCUT2D eigenvalue weighted by molar-refractivity contribution is 9.10. The number of likely N-dealkylation sites (tertiary alicyclic amines) is 1. The highest BCUT2D eigenvalue weighted by Crippen LogP contribution is 2.31. The molecular formula is C14H16BrClFNO. The number of hydrogen-bond donors (Lipinski definition) is 0. The predicted octanol–water partition coefficient (Wildman–Crippen LogP) is 4.27. The predicted molar refractivity (Wildman–Crippen MR) is 77.7 cm³/mol. The number of carbonyl (C=O) groups excluding carboxylic acids is 1. The lowest BCUT2D eigenvalue weighted by Crippen LogP contribution is -2.34. The van der Waals surface area contributed by atoms with Crippen molar-refractivity contribution in [2.45, 2.75) is 31.1 Å². The van der Waals surface area contributed by atoms with Crippen LogP contribution >= 0.6 is 27.5 Å². The second kappa shape index (κ2) is 6.71. The fourth-order valence-electron chi connectivity index (χ4n) is 2.29. The monoisotopic (exact) mass is 347 g/mol. The zero-order valence-electron chi connectivity index (χ0n) is 10.5. The molecule has 1 aromatic carbocycles. The SMILES string of the molecule is O=C(C(Cl)c1ccc(F)cc1Br)N1CCCCCC1. The van der Waals surface area contributed by atoms with Gasteiger partial charge in [0.25, 0.3) is 0 Å². The van der Waals surface area contributed by atoms with Gasteiger partial charge < -0.3 is 4.90 Å². The Morgan fingerprint density at radius 3 is 2.47 bits per heavy atom. The third-order valence-electron chi connectivity index (χ3n) is 3.37. The van der Waals surface area contributed by atoms with Gasteiger partial charge >= 0.3 is 0 Å². The van der Waals surface area contributed by atoms with E-state index in [1.165, 1.54) is 12.1 Å². The van der Waals surface area contributed by atoms with Gasteiger partial charge in [-0.05, 0) is 30.5 Å². The lowest BCUT2D eigenvalue weighted by atomic mass is 10.1. The minimum Gasteiger partial charge on any atom is -0.341 e. The Labute approximate surface area is 126 Å². The Morgan fingerprint density at radius 2 is 1.89 bits per heavy atom. The zero-order valence-corrected chi connectivity index (χ0v) is 12.9. The topological polar surface area (TPSA) is 20.3 Å². The number of rotatable bonds is 2. The molecule has 1 atom stereocenters. The van der Waals surface area contributed by atoms with Gasteiger partial charge in [-0.1, -0.05) is 34.8 Å². The molecule has 0 aliphatic carbocycles. The molecule has 0 spiro atoms. The lowest BCUT2D eigenvalue weighted by molar-refractivity contribution is -0.130. The molecule has 1 heterocycles. The first-order valence-corrected chi connectivity index (χ1v) is 7.70. The van der Waals surface area contributed by atoms with Crippen LogP contribution in [0.3, 0.4) is 0 Å². The fraction of sp³-hybridized carbons (Fsp3) is 0.500. The van der Waals surface area contributed by atoms with Gasteiger partial charge in [0.05, 0.1) is 0 Å². The first kappa shape index (κ1) is 14.8. The Kier molecular flexibility index (Phi) is 5.22. The summed E-state index contributed by atoms with van der Waals surface area (Å²) in [5.41, 5.74) is 0.623. The molecule has 1 unspecified atom stereocenters. The maximum atomic E-state index is 13.1. The summed E-state index contributed by atoms with van der Waals surface area (Å²) < 4.78 is 13.6. The highest BCUT2D eigenvalue weighted by Gasteiger charge is 2.26. The van der Waals surface area contributed by atoms with Crippen molar-refractivity contribution in [3.8, 4) is 0 Å². The third-order valence-corrected chi connectivity index (χ3v) is 4.48. The van der Waals surface area contributed by atoms with Crippen LogP contribution in [0.4, 0.5) is 4.39 Å². The standard InChI is InChI=1S/C14H16BrClFNO/c15-12-9-10(17)5-6-11(12)13(16)14(19)18-7-3-1-2-4-8-18/h5-6,9,13H,1-4,7-8H2. The van der Waals surface area contributed by atoms with Gasteiger partial charge in [0.15, 0.2) is 0 Å². The minimum atomic E-state index is -0.756. The summed E-state index contributed by atoms with van der Waals surface area (Å²) in [5, 5.41) is -0.756. The molecule has 0 aromatic heterocycles. The molecule has 104 valence electrons. The van der Waals surface area contributed by atoms with E-state index >= 15 is 0 Å². The highest BCUT2D eigenvalue weighted by atomic mass is 79.9. The van der Waals surface area contributed by atoms with E-state index in [4.69, 9.17) is 11.6 Å². The number of alkyl halides is 1. The van der Waals surface area contributed by atoms with Crippen LogP contribution in [0.1, 0.15) is 36.6 Å². The van der Waals surface area contributed by atoms with Crippen LogP contribution in [0, 0.1) is 5.82 Å². The fourth-order valence-corrected chi connectivity index (χ4v) is 3.33. The van der Waals surface area contributed by atoms with E-state index in [0.717, 1.165) is 38.8 Å². The van der Waals surface area contributed by atoms with E-state index in [9.17, 15) is 9.18 Å². The average Bonchev–Trinajstić information content (AvgIpc) is 2.66. The minimum absolute atomic E-state index is 0.0872. The summed E-state index contributed by atoms with van der Waals surface area (Å²) in [4.78, 5) is 14.2. The number of nitrogens with zero attached hydrogens (tertiary/aromatic N) is 1. The molecule has 2 nitrogen and oxygen atoms in total. The van der Waals surface area contributed by atoms with Crippen molar-refractivity contribution in [1.82, 2.24) is 4.90 Å². The summed E-state index contributed by atoms with van der Waals surface area (Å²) in [7, 11) is 0. The lowest BCUT2D eigenvalue weighted by Gasteiger charge is -2.23. The molecule has 0 saturated carbocycles. The molecule has 1 aromatic rings. The second-order valence-electron chi connectivity index (χ2n) is 4.77. The number of carbonyl (C=O) groups is 1. The van der Waals surface area contributed by atoms with Gasteiger partial charge in [0, 0.05) is 17.6 Å². The van der Waals surface area contributed by atoms with Gasteiger partial charge in [-0.2, -0.15) is 0 Å². The normalized spacial score (nSPS) is 17.9. The van der Waals surface area contributed by atoms with Crippen LogP contribution in [0.2, 0.25) is 0 Å². The van der Waals surface area contributed by atoms with E-state index in [-0.39, 0.29) is 11.7 Å². The van der Waals surface area contributed by atoms with Crippen molar-refractivity contribution in [3.63, 3.8) is 0 Å². The van der Waals surface area contributed by atoms with Crippen molar-refractivity contribution in [2.75, 3.05) is 13.1 Å². The molecule has 0 N–H and O–H groups in total. The first-order chi connectivity index (χ1) is 9.09.